The molecule has 1 aromatic heterocycles. The number of rotatable bonds is 7. The number of Topliss-reactive ketones (excluding diaryl/α,β-unsaturated/α-hetero) is 1. The quantitative estimate of drug-likeness (QED) is 0.221. The van der Waals surface area contributed by atoms with E-state index in [1.807, 2.05) is 0 Å². The van der Waals surface area contributed by atoms with E-state index in [-0.39, 0.29) is 28.3 Å². The number of para-hydroxylation sites is 2. The van der Waals surface area contributed by atoms with Crippen molar-refractivity contribution in [3.63, 3.8) is 0 Å². The highest BCUT2D eigenvalue weighted by Crippen LogP contribution is 2.47. The first-order valence-electron chi connectivity index (χ1n) is 8.13. The Hall–Kier alpha value is -2.28. The summed E-state index contributed by atoms with van der Waals surface area (Å²) in [5.41, 5.74) is 1.49. The smallest absolute Gasteiger partial charge is 0.428 e. The lowest BCUT2D eigenvalue weighted by Gasteiger charge is -2.27. The molecule has 0 aliphatic rings. The molecule has 3 aromatic rings. The summed E-state index contributed by atoms with van der Waals surface area (Å²) in [7, 11) is 0. The lowest BCUT2D eigenvalue weighted by Crippen LogP contribution is -2.55. The molecule has 0 atom stereocenters. The fourth-order valence-corrected chi connectivity index (χ4v) is 3.08. The Kier molecular flexibility index (Phi) is 7.31. The molecule has 13 heteroatoms. The standard InChI is InChI=1S/C18H11F7N2O2S.BrH/c19-16(20,17(21,22)23)18(24,25)29-11-7-5-10(6-8-11)14(28)9-30-15-26-12-3-1-2-4-13(12)27-15;/h1-8H,9H2,(H,26,27);1H. The number of ketones is 1. The highest BCUT2D eigenvalue weighted by atomic mass is 79.9. The van der Waals surface area contributed by atoms with Gasteiger partial charge in [-0.05, 0) is 36.4 Å². The molecule has 3 rings (SSSR count). The molecule has 0 unspecified atom stereocenters. The van der Waals surface area contributed by atoms with Gasteiger partial charge in [0, 0.05) is 5.56 Å². The molecule has 4 nitrogen and oxygen atoms in total. The fourth-order valence-electron chi connectivity index (χ4n) is 2.30. The molecular formula is C18H12BrF7N2O2S. The van der Waals surface area contributed by atoms with Crippen molar-refractivity contribution < 1.29 is 40.3 Å². The zero-order valence-electron chi connectivity index (χ0n) is 15.1. The molecule has 0 radical (unpaired) electrons. The molecule has 0 aliphatic heterocycles. The second-order valence-corrected chi connectivity index (χ2v) is 6.95. The Morgan fingerprint density at radius 3 is 2.16 bits per heavy atom. The molecule has 0 spiro atoms. The number of fused-ring (bicyclic) bond motifs is 1. The van der Waals surface area contributed by atoms with Crippen LogP contribution in [0.25, 0.3) is 11.0 Å². The Morgan fingerprint density at radius 1 is 0.968 bits per heavy atom. The molecule has 31 heavy (non-hydrogen) atoms. The number of benzene rings is 2. The predicted molar refractivity (Wildman–Crippen MR) is 104 cm³/mol. The Morgan fingerprint density at radius 2 is 1.58 bits per heavy atom. The molecule has 1 heterocycles. The first-order chi connectivity index (χ1) is 13.9. The molecule has 0 bridgehead atoms. The molecule has 0 aliphatic carbocycles. The number of imidazole rings is 1. The van der Waals surface area contributed by atoms with Gasteiger partial charge in [-0.15, -0.1) is 17.0 Å². The molecule has 2 aromatic carbocycles. The molecule has 0 fully saturated rings. The second kappa shape index (κ2) is 9.07. The van der Waals surface area contributed by atoms with E-state index in [2.05, 4.69) is 14.7 Å². The van der Waals surface area contributed by atoms with Crippen LogP contribution in [0.15, 0.2) is 53.7 Å². The van der Waals surface area contributed by atoms with Crippen molar-refractivity contribution >= 4 is 45.6 Å². The molecule has 0 saturated heterocycles. The second-order valence-electron chi connectivity index (χ2n) is 5.99. The molecular weight excluding hydrogens is 521 g/mol. The van der Waals surface area contributed by atoms with Crippen molar-refractivity contribution in [2.75, 3.05) is 5.75 Å². The highest BCUT2D eigenvalue weighted by Gasteiger charge is 2.75. The SMILES string of the molecule is Br.O=C(CSc1nc2ccccc2[nH]1)c1ccc(OC(F)(F)C(F)(F)C(F)(F)F)cc1. The van der Waals surface area contributed by atoms with Crippen LogP contribution in [-0.4, -0.2) is 39.7 Å². The zero-order valence-corrected chi connectivity index (χ0v) is 17.6. The summed E-state index contributed by atoms with van der Waals surface area (Å²) in [6, 6.07) is 10.5. The fraction of sp³-hybridized carbons (Fsp3) is 0.222. The van der Waals surface area contributed by atoms with Gasteiger partial charge in [-0.2, -0.15) is 30.7 Å². The number of alkyl halides is 7. The number of carbonyl (C=O) groups is 1. The summed E-state index contributed by atoms with van der Waals surface area (Å²) in [6.07, 6.45) is -12.3. The number of aromatic nitrogens is 2. The normalized spacial score (nSPS) is 12.5. The van der Waals surface area contributed by atoms with Gasteiger partial charge in [0.15, 0.2) is 10.9 Å². The Balaban J connectivity index is 0.00000341. The zero-order chi connectivity index (χ0) is 22.2. The highest BCUT2D eigenvalue weighted by molar-refractivity contribution is 8.93. The van der Waals surface area contributed by atoms with Crippen LogP contribution >= 0.6 is 28.7 Å². The maximum Gasteiger partial charge on any atom is 0.474 e. The van der Waals surface area contributed by atoms with Gasteiger partial charge >= 0.3 is 18.2 Å². The number of aromatic amines is 1. The van der Waals surface area contributed by atoms with E-state index in [0.29, 0.717) is 22.8 Å². The molecule has 0 saturated carbocycles. The van der Waals surface area contributed by atoms with Crippen molar-refractivity contribution in [1.82, 2.24) is 9.97 Å². The van der Waals surface area contributed by atoms with Gasteiger partial charge in [-0.3, -0.25) is 4.79 Å². The van der Waals surface area contributed by atoms with Crippen LogP contribution in [0, 0.1) is 0 Å². The van der Waals surface area contributed by atoms with Gasteiger partial charge < -0.3 is 9.72 Å². The van der Waals surface area contributed by atoms with Gasteiger partial charge in [-0.25, -0.2) is 4.98 Å². The van der Waals surface area contributed by atoms with E-state index in [1.165, 1.54) is 0 Å². The summed E-state index contributed by atoms with van der Waals surface area (Å²) in [4.78, 5) is 19.5. The Bertz CT molecular complexity index is 1020. The molecule has 0 amide bonds. The van der Waals surface area contributed by atoms with Crippen LogP contribution in [0.3, 0.4) is 0 Å². The van der Waals surface area contributed by atoms with E-state index in [0.717, 1.165) is 29.4 Å². The molecule has 1 N–H and O–H groups in total. The van der Waals surface area contributed by atoms with E-state index < -0.39 is 29.7 Å². The first-order valence-corrected chi connectivity index (χ1v) is 9.11. The number of nitrogens with one attached hydrogen (secondary N) is 1. The van der Waals surface area contributed by atoms with Crippen LogP contribution in [0.2, 0.25) is 0 Å². The van der Waals surface area contributed by atoms with Crippen LogP contribution in [-0.2, 0) is 0 Å². The number of halogens is 8. The maximum absolute atomic E-state index is 13.3. The third kappa shape index (κ3) is 5.32. The summed E-state index contributed by atoms with van der Waals surface area (Å²) in [5.74, 6) is -7.87. The monoisotopic (exact) mass is 532 g/mol. The first kappa shape index (κ1) is 25.0. The van der Waals surface area contributed by atoms with E-state index >= 15 is 0 Å². The van der Waals surface area contributed by atoms with Gasteiger partial charge in [0.25, 0.3) is 0 Å². The van der Waals surface area contributed by atoms with Crippen molar-refractivity contribution in [3.05, 3.63) is 54.1 Å². The maximum atomic E-state index is 13.3. The van der Waals surface area contributed by atoms with Gasteiger partial charge in [0.1, 0.15) is 5.75 Å². The van der Waals surface area contributed by atoms with Gasteiger partial charge in [-0.1, -0.05) is 23.9 Å². The number of ether oxygens (including phenoxy) is 1. The summed E-state index contributed by atoms with van der Waals surface area (Å²) in [6.45, 7) is 0. The lowest BCUT2D eigenvalue weighted by molar-refractivity contribution is -0.402. The minimum Gasteiger partial charge on any atom is -0.428 e. The average Bonchev–Trinajstić information content (AvgIpc) is 3.08. The number of thioether (sulfide) groups is 1. The van der Waals surface area contributed by atoms with Crippen LogP contribution < -0.4 is 4.74 Å². The van der Waals surface area contributed by atoms with E-state index in [1.54, 1.807) is 24.3 Å². The Labute approximate surface area is 184 Å². The topological polar surface area (TPSA) is 55.0 Å². The van der Waals surface area contributed by atoms with Crippen molar-refractivity contribution in [2.24, 2.45) is 0 Å². The summed E-state index contributed by atoms with van der Waals surface area (Å²) >= 11 is 1.08. The number of H-pyrrole nitrogens is 1. The summed E-state index contributed by atoms with van der Waals surface area (Å²) < 4.78 is 92.2. The molecule has 168 valence electrons. The summed E-state index contributed by atoms with van der Waals surface area (Å²) in [5, 5.41) is 0.471. The van der Waals surface area contributed by atoms with Crippen molar-refractivity contribution in [1.29, 1.82) is 0 Å². The minimum atomic E-state index is -6.50. The van der Waals surface area contributed by atoms with Gasteiger partial charge in [0.2, 0.25) is 0 Å². The predicted octanol–water partition coefficient (Wildman–Crippen LogP) is 6.29. The van der Waals surface area contributed by atoms with E-state index in [4.69, 9.17) is 0 Å². The van der Waals surface area contributed by atoms with Crippen LogP contribution in [0.1, 0.15) is 10.4 Å². The van der Waals surface area contributed by atoms with Gasteiger partial charge in [0.05, 0.1) is 16.8 Å². The van der Waals surface area contributed by atoms with Crippen LogP contribution in [0.4, 0.5) is 30.7 Å². The number of carbonyl (C=O) groups excluding carboxylic acids is 1. The average molecular weight is 533 g/mol. The third-order valence-electron chi connectivity index (χ3n) is 3.85. The van der Waals surface area contributed by atoms with Crippen LogP contribution in [0.5, 0.6) is 5.75 Å². The van der Waals surface area contributed by atoms with Crippen molar-refractivity contribution in [2.45, 2.75) is 23.4 Å². The number of hydrogen-bond acceptors (Lipinski definition) is 4. The minimum absolute atomic E-state index is 0. The number of hydrogen-bond donors (Lipinski definition) is 1. The largest absolute Gasteiger partial charge is 0.474 e. The number of nitrogens with zero attached hydrogens (tertiary/aromatic N) is 1. The van der Waals surface area contributed by atoms with Crippen molar-refractivity contribution in [3.8, 4) is 5.75 Å². The van der Waals surface area contributed by atoms with E-state index in [9.17, 15) is 35.5 Å². The third-order valence-corrected chi connectivity index (χ3v) is 4.72. The lowest BCUT2D eigenvalue weighted by atomic mass is 10.1.